The molecule has 0 aromatic heterocycles. The average Bonchev–Trinajstić information content (AvgIpc) is 2.87. The Morgan fingerprint density at radius 1 is 1.09 bits per heavy atom. The van der Waals surface area contributed by atoms with E-state index < -0.39 is 0 Å². The van der Waals surface area contributed by atoms with Crippen LogP contribution < -0.4 is 10.1 Å². The maximum absolute atomic E-state index is 12.1. The minimum Gasteiger partial charge on any atom is -0.497 e. The number of aliphatic hydroxyl groups is 1. The molecule has 0 unspecified atom stereocenters. The Bertz CT molecular complexity index is 915. The lowest BCUT2D eigenvalue weighted by atomic mass is 9.88. The van der Waals surface area contributed by atoms with Gasteiger partial charge in [-0.3, -0.25) is 4.79 Å². The van der Waals surface area contributed by atoms with E-state index >= 15 is 0 Å². The van der Waals surface area contributed by atoms with Crippen LogP contribution in [0, 0.1) is 0 Å². The van der Waals surface area contributed by atoms with Crippen molar-refractivity contribution in [3.8, 4) is 16.9 Å². The number of hydrogen-bond donors (Lipinski definition) is 2. The summed E-state index contributed by atoms with van der Waals surface area (Å²) in [6.45, 7) is 1.89. The minimum atomic E-state index is -0.128. The van der Waals surface area contributed by atoms with Crippen molar-refractivity contribution in [2.75, 3.05) is 13.7 Å². The highest BCUT2D eigenvalue weighted by Crippen LogP contribution is 2.33. The summed E-state index contributed by atoms with van der Waals surface area (Å²) in [5.74, 6) is 0.880. The molecule has 0 saturated carbocycles. The first kappa shape index (κ1) is 23.7. The Labute approximate surface area is 196 Å². The van der Waals surface area contributed by atoms with Crippen LogP contribution in [0.1, 0.15) is 44.6 Å². The molecule has 2 fully saturated rings. The van der Waals surface area contributed by atoms with Gasteiger partial charge in [0, 0.05) is 6.42 Å². The van der Waals surface area contributed by atoms with E-state index in [0.717, 1.165) is 49.0 Å². The topological polar surface area (TPSA) is 77.0 Å². The maximum atomic E-state index is 12.1. The molecule has 6 heteroatoms. The van der Waals surface area contributed by atoms with Crippen LogP contribution in [0.4, 0.5) is 0 Å². The van der Waals surface area contributed by atoms with Crippen molar-refractivity contribution in [2.45, 2.75) is 75.9 Å². The molecule has 2 aromatic rings. The summed E-state index contributed by atoms with van der Waals surface area (Å²) in [6, 6.07) is 16.6. The second-order valence-corrected chi connectivity index (χ2v) is 9.00. The third kappa shape index (κ3) is 5.94. The van der Waals surface area contributed by atoms with Gasteiger partial charge in [-0.2, -0.15) is 0 Å². The van der Waals surface area contributed by atoms with Crippen LogP contribution in [0.5, 0.6) is 5.75 Å². The molecule has 0 radical (unpaired) electrons. The molecule has 0 bridgehead atoms. The van der Waals surface area contributed by atoms with Gasteiger partial charge in [-0.1, -0.05) is 43.3 Å². The highest BCUT2D eigenvalue weighted by Gasteiger charge is 2.42. The first-order valence-electron chi connectivity index (χ1n) is 12.0. The summed E-state index contributed by atoms with van der Waals surface area (Å²) < 4.78 is 17.8. The molecule has 6 nitrogen and oxygen atoms in total. The van der Waals surface area contributed by atoms with Gasteiger partial charge in [0.25, 0.3) is 0 Å². The van der Waals surface area contributed by atoms with Crippen molar-refractivity contribution in [3.63, 3.8) is 0 Å². The van der Waals surface area contributed by atoms with Gasteiger partial charge >= 0.3 is 0 Å². The largest absolute Gasteiger partial charge is 0.497 e. The molecule has 2 saturated heterocycles. The molecule has 178 valence electrons. The molecule has 2 aliphatic rings. The van der Waals surface area contributed by atoms with Crippen LogP contribution in [-0.2, 0) is 20.7 Å². The van der Waals surface area contributed by atoms with Gasteiger partial charge in [0.2, 0.25) is 5.91 Å². The van der Waals surface area contributed by atoms with Crippen molar-refractivity contribution in [3.05, 3.63) is 54.1 Å². The lowest BCUT2D eigenvalue weighted by Gasteiger charge is -2.45. The van der Waals surface area contributed by atoms with Crippen LogP contribution in [0.2, 0.25) is 0 Å². The standard InChI is InChI=1S/C27H35NO5/c1-3-27(30)28-23-16-26-25(14-12-22(17-29)32-26)33-24(23)13-9-18-7-10-19(11-8-18)20-5-4-6-21(15-20)31-2/h4-8,10-11,15,22-26,29H,3,9,12-14,16-17H2,1-2H3,(H,28,30)/t22-,23-,24+,25-,26-/m0/s1. The number of methoxy groups -OCH3 is 1. The third-order valence-corrected chi connectivity index (χ3v) is 6.79. The van der Waals surface area contributed by atoms with Crippen molar-refractivity contribution in [2.24, 2.45) is 0 Å². The Kier molecular flexibility index (Phi) is 8.02. The Hall–Kier alpha value is -2.41. The van der Waals surface area contributed by atoms with E-state index in [0.29, 0.717) is 6.42 Å². The molecule has 0 spiro atoms. The zero-order chi connectivity index (χ0) is 23.2. The van der Waals surface area contributed by atoms with E-state index in [1.54, 1.807) is 7.11 Å². The Balaban J connectivity index is 1.40. The van der Waals surface area contributed by atoms with Crippen molar-refractivity contribution in [1.29, 1.82) is 0 Å². The third-order valence-electron chi connectivity index (χ3n) is 6.79. The zero-order valence-electron chi connectivity index (χ0n) is 19.5. The second-order valence-electron chi connectivity index (χ2n) is 9.00. The van der Waals surface area contributed by atoms with E-state index in [4.69, 9.17) is 14.2 Å². The van der Waals surface area contributed by atoms with Gasteiger partial charge < -0.3 is 24.6 Å². The zero-order valence-corrected chi connectivity index (χ0v) is 19.5. The van der Waals surface area contributed by atoms with Gasteiger partial charge in [0.05, 0.1) is 44.2 Å². The smallest absolute Gasteiger partial charge is 0.220 e. The fourth-order valence-corrected chi connectivity index (χ4v) is 4.86. The van der Waals surface area contributed by atoms with Gasteiger partial charge in [0.1, 0.15) is 5.75 Å². The van der Waals surface area contributed by atoms with Crippen LogP contribution in [0.3, 0.4) is 0 Å². The Morgan fingerprint density at radius 3 is 2.64 bits per heavy atom. The fourth-order valence-electron chi connectivity index (χ4n) is 4.86. The predicted molar refractivity (Wildman–Crippen MR) is 127 cm³/mol. The number of aliphatic hydroxyl groups excluding tert-OH is 1. The number of hydrogen-bond acceptors (Lipinski definition) is 5. The van der Waals surface area contributed by atoms with Crippen molar-refractivity contribution in [1.82, 2.24) is 5.32 Å². The average molecular weight is 454 g/mol. The second kappa shape index (κ2) is 11.1. The summed E-state index contributed by atoms with van der Waals surface area (Å²) in [7, 11) is 1.68. The van der Waals surface area contributed by atoms with Crippen LogP contribution >= 0.6 is 0 Å². The summed E-state index contributed by atoms with van der Waals surface area (Å²) in [6.07, 6.45) is 4.36. The van der Waals surface area contributed by atoms with Gasteiger partial charge in [-0.05, 0) is 60.9 Å². The van der Waals surface area contributed by atoms with E-state index in [1.807, 2.05) is 25.1 Å². The quantitative estimate of drug-likeness (QED) is 0.634. The van der Waals surface area contributed by atoms with Crippen LogP contribution in [-0.4, -0.2) is 55.2 Å². The van der Waals surface area contributed by atoms with Crippen molar-refractivity contribution >= 4 is 5.91 Å². The van der Waals surface area contributed by atoms with Crippen LogP contribution in [0.15, 0.2) is 48.5 Å². The number of carbonyl (C=O) groups excluding carboxylic acids is 1. The lowest BCUT2D eigenvalue weighted by Crippen LogP contribution is -2.57. The normalized spacial score (nSPS) is 26.9. The van der Waals surface area contributed by atoms with Crippen LogP contribution in [0.25, 0.3) is 11.1 Å². The monoisotopic (exact) mass is 453 g/mol. The number of nitrogens with one attached hydrogen (secondary N) is 1. The van der Waals surface area contributed by atoms with E-state index in [1.165, 1.54) is 5.56 Å². The van der Waals surface area contributed by atoms with E-state index in [-0.39, 0.29) is 43.0 Å². The van der Waals surface area contributed by atoms with Gasteiger partial charge in [0.15, 0.2) is 0 Å². The first-order valence-corrected chi connectivity index (χ1v) is 12.0. The highest BCUT2D eigenvalue weighted by molar-refractivity contribution is 5.75. The molecular formula is C27H35NO5. The molecule has 4 rings (SSSR count). The number of benzene rings is 2. The summed E-state index contributed by atoms with van der Waals surface area (Å²) in [5, 5.41) is 12.6. The summed E-state index contributed by atoms with van der Waals surface area (Å²) >= 11 is 0. The highest BCUT2D eigenvalue weighted by atomic mass is 16.6. The van der Waals surface area contributed by atoms with E-state index in [2.05, 4.69) is 35.6 Å². The van der Waals surface area contributed by atoms with E-state index in [9.17, 15) is 9.90 Å². The molecule has 2 heterocycles. The molecule has 2 aliphatic heterocycles. The van der Waals surface area contributed by atoms with Gasteiger partial charge in [-0.25, -0.2) is 0 Å². The molecule has 2 N–H and O–H groups in total. The minimum absolute atomic E-state index is 0.0306. The number of ether oxygens (including phenoxy) is 3. The fraction of sp³-hybridized carbons (Fsp3) is 0.519. The summed E-state index contributed by atoms with van der Waals surface area (Å²) in [4.78, 5) is 12.1. The number of rotatable bonds is 8. The lowest BCUT2D eigenvalue weighted by molar-refractivity contribution is -0.202. The SMILES string of the molecule is CCC(=O)N[C@H]1C[C@@H]2O[C@H](CO)CC[C@@H]2O[C@@H]1CCc1ccc(-c2cccc(OC)c2)cc1. The number of amides is 1. The number of fused-ring (bicyclic) bond motifs is 1. The molecule has 1 amide bonds. The number of carbonyl (C=O) groups is 1. The molecular weight excluding hydrogens is 418 g/mol. The predicted octanol–water partition coefficient (Wildman–Crippen LogP) is 3.89. The first-order chi connectivity index (χ1) is 16.1. The molecule has 0 aliphatic carbocycles. The summed E-state index contributed by atoms with van der Waals surface area (Å²) in [5.41, 5.74) is 3.52. The molecule has 2 aromatic carbocycles. The Morgan fingerprint density at radius 2 is 1.91 bits per heavy atom. The maximum Gasteiger partial charge on any atom is 0.220 e. The van der Waals surface area contributed by atoms with Gasteiger partial charge in [-0.15, -0.1) is 0 Å². The van der Waals surface area contributed by atoms with Crippen molar-refractivity contribution < 1.29 is 24.1 Å². The number of aryl methyl sites for hydroxylation is 1. The molecule has 5 atom stereocenters. The molecule has 33 heavy (non-hydrogen) atoms.